The first-order chi connectivity index (χ1) is 8.42. The van der Waals surface area contributed by atoms with Gasteiger partial charge in [0, 0.05) is 24.7 Å². The van der Waals surface area contributed by atoms with Crippen molar-refractivity contribution in [2.45, 2.75) is 6.42 Å². The molecule has 3 heterocycles. The van der Waals surface area contributed by atoms with Gasteiger partial charge in [-0.1, -0.05) is 6.08 Å². The van der Waals surface area contributed by atoms with Crippen LogP contribution in [-0.2, 0) is 0 Å². The predicted molar refractivity (Wildman–Crippen MR) is 66.5 cm³/mol. The molecule has 0 amide bonds. The number of rotatable bonds is 1. The number of aromatic nitrogens is 1. The van der Waals surface area contributed by atoms with Gasteiger partial charge in [0.25, 0.3) is 0 Å². The molecule has 2 aromatic heterocycles. The van der Waals surface area contributed by atoms with E-state index in [9.17, 15) is 0 Å². The molecule has 1 aliphatic heterocycles. The summed E-state index contributed by atoms with van der Waals surface area (Å²) in [5, 5.41) is 3.46. The molecule has 3 nitrogen and oxygen atoms in total. The highest BCUT2D eigenvalue weighted by Gasteiger charge is 2.35. The van der Waals surface area contributed by atoms with Crippen LogP contribution in [0.5, 0.6) is 0 Å². The predicted octanol–water partition coefficient (Wildman–Crippen LogP) is 2.45. The van der Waals surface area contributed by atoms with Crippen LogP contribution in [0, 0.1) is 11.8 Å². The molecule has 1 N–H and O–H groups in total. The van der Waals surface area contributed by atoms with E-state index in [2.05, 4.69) is 22.4 Å². The van der Waals surface area contributed by atoms with Crippen LogP contribution in [0.2, 0.25) is 0 Å². The summed E-state index contributed by atoms with van der Waals surface area (Å²) in [5.41, 5.74) is 3.22. The zero-order valence-electron chi connectivity index (χ0n) is 9.52. The zero-order chi connectivity index (χ0) is 11.2. The summed E-state index contributed by atoms with van der Waals surface area (Å²) in [6, 6.07) is 5.96. The molecule has 2 aliphatic rings. The minimum Gasteiger partial charge on any atom is -0.455 e. The summed E-state index contributed by atoms with van der Waals surface area (Å²) < 4.78 is 5.90. The Kier molecular flexibility index (Phi) is 1.91. The fraction of sp³-hybridized carbons (Fsp3) is 0.357. The normalized spacial score (nSPS) is 27.4. The SMILES string of the molecule is C1=C(c2cc3ncccc3o2)[C@@H]2CNC[C@@H]2C1. The number of hydrogen-bond donors (Lipinski definition) is 1. The van der Waals surface area contributed by atoms with E-state index in [4.69, 9.17) is 4.42 Å². The molecule has 3 heteroatoms. The largest absolute Gasteiger partial charge is 0.455 e. The number of fused-ring (bicyclic) bond motifs is 2. The van der Waals surface area contributed by atoms with Crippen LogP contribution in [0.25, 0.3) is 16.7 Å². The third-order valence-corrected chi connectivity index (χ3v) is 3.95. The molecule has 2 aromatic rings. The first-order valence-corrected chi connectivity index (χ1v) is 6.17. The van der Waals surface area contributed by atoms with Crippen molar-refractivity contribution in [1.82, 2.24) is 10.3 Å². The average molecular weight is 226 g/mol. The van der Waals surface area contributed by atoms with E-state index in [1.807, 2.05) is 18.3 Å². The van der Waals surface area contributed by atoms with Gasteiger partial charge in [-0.05, 0) is 36.6 Å². The lowest BCUT2D eigenvalue weighted by Crippen LogP contribution is -2.09. The van der Waals surface area contributed by atoms with Crippen LogP contribution in [-0.4, -0.2) is 18.1 Å². The first kappa shape index (κ1) is 9.42. The highest BCUT2D eigenvalue weighted by atomic mass is 16.3. The van der Waals surface area contributed by atoms with Crippen molar-refractivity contribution in [2.24, 2.45) is 11.8 Å². The molecule has 1 fully saturated rings. The topological polar surface area (TPSA) is 38.1 Å². The summed E-state index contributed by atoms with van der Waals surface area (Å²) in [6.45, 7) is 2.23. The lowest BCUT2D eigenvalue weighted by molar-refractivity contribution is 0.526. The smallest absolute Gasteiger partial charge is 0.153 e. The van der Waals surface area contributed by atoms with Crippen molar-refractivity contribution >= 4 is 16.7 Å². The fourth-order valence-electron chi connectivity index (χ4n) is 3.07. The number of pyridine rings is 1. The fourth-order valence-corrected chi connectivity index (χ4v) is 3.07. The zero-order valence-corrected chi connectivity index (χ0v) is 9.52. The lowest BCUT2D eigenvalue weighted by atomic mass is 9.94. The highest BCUT2D eigenvalue weighted by Crippen LogP contribution is 2.41. The van der Waals surface area contributed by atoms with Crippen LogP contribution in [0.4, 0.5) is 0 Å². The van der Waals surface area contributed by atoms with Gasteiger partial charge in [-0.3, -0.25) is 4.98 Å². The molecule has 1 aliphatic carbocycles. The van der Waals surface area contributed by atoms with Gasteiger partial charge >= 0.3 is 0 Å². The van der Waals surface area contributed by atoms with Gasteiger partial charge in [-0.2, -0.15) is 0 Å². The third-order valence-electron chi connectivity index (χ3n) is 3.95. The minimum absolute atomic E-state index is 0.635. The molecule has 0 saturated carbocycles. The van der Waals surface area contributed by atoms with Gasteiger partial charge in [0.15, 0.2) is 5.58 Å². The van der Waals surface area contributed by atoms with E-state index in [0.29, 0.717) is 5.92 Å². The Hall–Kier alpha value is -1.61. The molecule has 0 spiro atoms. The second-order valence-electron chi connectivity index (χ2n) is 4.92. The standard InChI is InChI=1S/C14H14N2O/c1-2-13-12(16-5-1)6-14(17-13)10-4-3-9-7-15-8-11(9)10/h1-2,4-6,9,11,15H,3,7-8H2/t9-,11+/m0/s1. The Morgan fingerprint density at radius 3 is 3.29 bits per heavy atom. The molecule has 0 aromatic carbocycles. The molecular weight excluding hydrogens is 212 g/mol. The first-order valence-electron chi connectivity index (χ1n) is 6.17. The maximum atomic E-state index is 5.90. The van der Waals surface area contributed by atoms with Crippen molar-refractivity contribution in [3.05, 3.63) is 36.2 Å². The number of nitrogens with one attached hydrogen (secondary N) is 1. The highest BCUT2D eigenvalue weighted by molar-refractivity contribution is 5.79. The van der Waals surface area contributed by atoms with Gasteiger partial charge in [0.1, 0.15) is 11.3 Å². The molecule has 17 heavy (non-hydrogen) atoms. The van der Waals surface area contributed by atoms with Gasteiger partial charge in [0.05, 0.1) is 0 Å². The minimum atomic E-state index is 0.635. The molecule has 86 valence electrons. The van der Waals surface area contributed by atoms with Gasteiger partial charge in [-0.15, -0.1) is 0 Å². The lowest BCUT2D eigenvalue weighted by Gasteiger charge is -2.10. The molecular formula is C14H14N2O. The molecule has 2 atom stereocenters. The molecule has 1 saturated heterocycles. The Balaban J connectivity index is 1.79. The number of furan rings is 1. The average Bonchev–Trinajstić information content (AvgIpc) is 3.02. The van der Waals surface area contributed by atoms with E-state index in [1.165, 1.54) is 12.0 Å². The van der Waals surface area contributed by atoms with Crippen molar-refractivity contribution in [2.75, 3.05) is 13.1 Å². The Morgan fingerprint density at radius 2 is 2.35 bits per heavy atom. The third kappa shape index (κ3) is 1.35. The summed E-state index contributed by atoms with van der Waals surface area (Å²) in [6.07, 6.45) is 5.33. The number of allylic oxidation sites excluding steroid dienone is 1. The van der Waals surface area contributed by atoms with Crippen LogP contribution in [0.15, 0.2) is 34.9 Å². The van der Waals surface area contributed by atoms with E-state index < -0.39 is 0 Å². The van der Waals surface area contributed by atoms with Gasteiger partial charge < -0.3 is 9.73 Å². The van der Waals surface area contributed by atoms with Crippen molar-refractivity contribution < 1.29 is 4.42 Å². The van der Waals surface area contributed by atoms with Gasteiger partial charge in [-0.25, -0.2) is 0 Å². The van der Waals surface area contributed by atoms with Gasteiger partial charge in [0.2, 0.25) is 0 Å². The molecule has 0 unspecified atom stereocenters. The monoisotopic (exact) mass is 226 g/mol. The summed E-state index contributed by atoms with van der Waals surface area (Å²) in [7, 11) is 0. The molecule has 0 bridgehead atoms. The van der Waals surface area contributed by atoms with Crippen LogP contribution >= 0.6 is 0 Å². The van der Waals surface area contributed by atoms with Crippen LogP contribution < -0.4 is 5.32 Å². The van der Waals surface area contributed by atoms with E-state index in [0.717, 1.165) is 35.9 Å². The number of nitrogens with zero attached hydrogens (tertiary/aromatic N) is 1. The maximum Gasteiger partial charge on any atom is 0.153 e. The number of hydrogen-bond acceptors (Lipinski definition) is 3. The summed E-state index contributed by atoms with van der Waals surface area (Å²) in [4.78, 5) is 4.32. The van der Waals surface area contributed by atoms with E-state index in [-0.39, 0.29) is 0 Å². The second kappa shape index (κ2) is 3.44. The molecule has 4 rings (SSSR count). The van der Waals surface area contributed by atoms with Crippen molar-refractivity contribution in [3.8, 4) is 0 Å². The summed E-state index contributed by atoms with van der Waals surface area (Å²) in [5.74, 6) is 2.41. The molecule has 0 radical (unpaired) electrons. The Morgan fingerprint density at radius 1 is 1.35 bits per heavy atom. The second-order valence-corrected chi connectivity index (χ2v) is 4.92. The van der Waals surface area contributed by atoms with Crippen LogP contribution in [0.1, 0.15) is 12.2 Å². The van der Waals surface area contributed by atoms with E-state index in [1.54, 1.807) is 0 Å². The Labute approximate surface area is 99.5 Å². The quantitative estimate of drug-likeness (QED) is 0.811. The van der Waals surface area contributed by atoms with Crippen LogP contribution in [0.3, 0.4) is 0 Å². The van der Waals surface area contributed by atoms with Crippen molar-refractivity contribution in [3.63, 3.8) is 0 Å². The Bertz CT molecular complexity index is 566. The van der Waals surface area contributed by atoms with E-state index >= 15 is 0 Å². The summed E-state index contributed by atoms with van der Waals surface area (Å²) >= 11 is 0. The maximum absolute atomic E-state index is 5.90. The van der Waals surface area contributed by atoms with Crippen molar-refractivity contribution in [1.29, 1.82) is 0 Å².